The molecule has 0 aliphatic rings. The van der Waals surface area contributed by atoms with E-state index in [4.69, 9.17) is 10.5 Å². The van der Waals surface area contributed by atoms with Crippen LogP contribution in [0.2, 0.25) is 0 Å². The van der Waals surface area contributed by atoms with Gasteiger partial charge in [-0.15, -0.1) is 0 Å². The first-order chi connectivity index (χ1) is 17.2. The zero-order valence-corrected chi connectivity index (χ0v) is 22.8. The lowest BCUT2D eigenvalue weighted by Crippen LogP contribution is -2.54. The molecule has 11 nitrogen and oxygen atoms in total. The van der Waals surface area contributed by atoms with Crippen molar-refractivity contribution in [1.29, 1.82) is 0 Å². The molecule has 206 valence electrons. The molecule has 0 aliphatic heterocycles. The van der Waals surface area contributed by atoms with Gasteiger partial charge in [-0.25, -0.2) is 4.79 Å². The van der Waals surface area contributed by atoms with Crippen LogP contribution in [0.3, 0.4) is 0 Å². The van der Waals surface area contributed by atoms with Crippen molar-refractivity contribution < 1.29 is 33.4 Å². The maximum absolute atomic E-state index is 13.8. The smallest absolute Gasteiger partial charge is 0.408 e. The molecule has 0 radical (unpaired) electrons. The lowest BCUT2D eigenvalue weighted by molar-refractivity contribution is -0.145. The number of alkyl carbamates (subject to hydrolysis) is 1. The van der Waals surface area contributed by atoms with E-state index in [0.717, 1.165) is 11.1 Å². The van der Waals surface area contributed by atoms with Gasteiger partial charge in [0.15, 0.2) is 0 Å². The number of nitrogens with zero attached hydrogens (tertiary/aromatic N) is 1. The van der Waals surface area contributed by atoms with E-state index in [-0.39, 0.29) is 6.54 Å². The summed E-state index contributed by atoms with van der Waals surface area (Å²) in [6, 6.07) is 2.94. The van der Waals surface area contributed by atoms with E-state index in [1.54, 1.807) is 32.9 Å². The molecule has 11 heteroatoms. The Morgan fingerprint density at radius 3 is 2.14 bits per heavy atom. The molecule has 2 unspecified atom stereocenters. The van der Waals surface area contributed by atoms with Crippen LogP contribution in [0.25, 0.3) is 0 Å². The molecule has 4 N–H and O–H groups in total. The molecule has 0 spiro atoms. The number of benzene rings is 1. The summed E-state index contributed by atoms with van der Waals surface area (Å²) in [6.07, 6.45) is -0.162. The third kappa shape index (κ3) is 10.9. The average Bonchev–Trinajstić information content (AvgIpc) is 2.76. The minimum absolute atomic E-state index is 0.143. The van der Waals surface area contributed by atoms with Gasteiger partial charge < -0.3 is 30.7 Å². The second kappa shape index (κ2) is 14.2. The quantitative estimate of drug-likeness (QED) is 0.356. The summed E-state index contributed by atoms with van der Waals surface area (Å²) in [5.74, 6) is -2.77. The Bertz CT molecular complexity index is 967. The molecule has 0 aromatic heterocycles. The summed E-state index contributed by atoms with van der Waals surface area (Å²) >= 11 is 0. The van der Waals surface area contributed by atoms with Gasteiger partial charge in [0, 0.05) is 6.54 Å². The average molecular weight is 521 g/mol. The maximum atomic E-state index is 13.8. The van der Waals surface area contributed by atoms with Crippen LogP contribution in [0.4, 0.5) is 4.79 Å². The number of hydrogen-bond acceptors (Lipinski definition) is 7. The van der Waals surface area contributed by atoms with E-state index in [9.17, 15) is 24.0 Å². The van der Waals surface area contributed by atoms with Crippen LogP contribution in [-0.2, 0) is 28.7 Å². The van der Waals surface area contributed by atoms with Gasteiger partial charge in [-0.1, -0.05) is 42.7 Å². The zero-order chi connectivity index (χ0) is 28.3. The Labute approximate surface area is 218 Å². The summed E-state index contributed by atoms with van der Waals surface area (Å²) in [5.41, 5.74) is 6.78. The zero-order valence-electron chi connectivity index (χ0n) is 22.8. The van der Waals surface area contributed by atoms with Gasteiger partial charge >= 0.3 is 12.1 Å². The SMILES string of the molecule is CCCCN(C(=O)C(CC(N)=O)NC(=O)OC(C)(C)C)C(C(=O)NCC(=O)OC)c1cc(C)cc(C)c1. The first-order valence-corrected chi connectivity index (χ1v) is 12.2. The maximum Gasteiger partial charge on any atom is 0.408 e. The van der Waals surface area contributed by atoms with Gasteiger partial charge in [0.25, 0.3) is 0 Å². The van der Waals surface area contributed by atoms with E-state index in [0.29, 0.717) is 18.4 Å². The standard InChI is InChI=1S/C26H40N4O7/c1-8-9-10-30(24(34)19(14-20(27)31)29-25(35)37-26(4,5)6)22(23(33)28-15-21(32)36-7)18-12-16(2)11-17(3)13-18/h11-13,19,22H,8-10,14-15H2,1-7H3,(H2,27,31)(H,28,33)(H,29,35). The van der Waals surface area contributed by atoms with Crippen LogP contribution in [0.5, 0.6) is 0 Å². The summed E-state index contributed by atoms with van der Waals surface area (Å²) in [5, 5.41) is 4.95. The van der Waals surface area contributed by atoms with Crippen molar-refractivity contribution in [2.45, 2.75) is 78.5 Å². The summed E-state index contributed by atoms with van der Waals surface area (Å²) in [7, 11) is 1.20. The van der Waals surface area contributed by atoms with Crippen molar-refractivity contribution in [1.82, 2.24) is 15.5 Å². The van der Waals surface area contributed by atoms with Crippen LogP contribution in [0, 0.1) is 13.8 Å². The van der Waals surface area contributed by atoms with Crippen LogP contribution in [0.1, 0.15) is 69.7 Å². The Morgan fingerprint density at radius 2 is 1.65 bits per heavy atom. The van der Waals surface area contributed by atoms with E-state index in [2.05, 4.69) is 15.4 Å². The van der Waals surface area contributed by atoms with E-state index < -0.39 is 60.4 Å². The number of rotatable bonds is 12. The molecule has 4 amide bonds. The molecular formula is C26H40N4O7. The third-order valence-electron chi connectivity index (χ3n) is 5.18. The van der Waals surface area contributed by atoms with Gasteiger partial charge in [0.1, 0.15) is 24.2 Å². The molecule has 1 rings (SSSR count). The van der Waals surface area contributed by atoms with Crippen LogP contribution >= 0.6 is 0 Å². The Balaban J connectivity index is 3.54. The molecule has 2 atom stereocenters. The first kappa shape index (κ1) is 31.4. The Kier molecular flexibility index (Phi) is 12.0. The Hall–Kier alpha value is -3.63. The predicted octanol–water partition coefficient (Wildman–Crippen LogP) is 2.03. The van der Waals surface area contributed by atoms with Crippen molar-refractivity contribution in [3.8, 4) is 0 Å². The minimum atomic E-state index is -1.37. The van der Waals surface area contributed by atoms with Crippen LogP contribution < -0.4 is 16.4 Å². The molecule has 1 aromatic rings. The summed E-state index contributed by atoms with van der Waals surface area (Å²) in [4.78, 5) is 64.6. The Morgan fingerprint density at radius 1 is 1.05 bits per heavy atom. The molecule has 0 fully saturated rings. The number of unbranched alkanes of at least 4 members (excludes halogenated alkanes) is 1. The number of nitrogens with two attached hydrogens (primary N) is 1. The number of hydrogen-bond donors (Lipinski definition) is 3. The molecule has 0 aliphatic carbocycles. The van der Waals surface area contributed by atoms with Gasteiger partial charge in [0.05, 0.1) is 13.5 Å². The van der Waals surface area contributed by atoms with Crippen molar-refractivity contribution >= 4 is 29.8 Å². The monoisotopic (exact) mass is 520 g/mol. The fourth-order valence-electron chi connectivity index (χ4n) is 3.71. The third-order valence-corrected chi connectivity index (χ3v) is 5.18. The lowest BCUT2D eigenvalue weighted by Gasteiger charge is -2.34. The van der Waals surface area contributed by atoms with Gasteiger partial charge in [-0.2, -0.15) is 0 Å². The number of amides is 4. The number of methoxy groups -OCH3 is 1. The largest absolute Gasteiger partial charge is 0.468 e. The van der Waals surface area contributed by atoms with Gasteiger partial charge in [-0.3, -0.25) is 19.2 Å². The molecule has 0 heterocycles. The van der Waals surface area contributed by atoms with Gasteiger partial charge in [-0.05, 0) is 46.6 Å². The number of nitrogens with one attached hydrogen (secondary N) is 2. The molecule has 0 bridgehead atoms. The van der Waals surface area contributed by atoms with Gasteiger partial charge in [0.2, 0.25) is 17.7 Å². The van der Waals surface area contributed by atoms with E-state index >= 15 is 0 Å². The van der Waals surface area contributed by atoms with E-state index in [1.165, 1.54) is 12.0 Å². The van der Waals surface area contributed by atoms with Crippen molar-refractivity contribution in [2.24, 2.45) is 5.73 Å². The second-order valence-corrected chi connectivity index (χ2v) is 9.87. The van der Waals surface area contributed by atoms with Crippen molar-refractivity contribution in [2.75, 3.05) is 20.2 Å². The molecular weight excluding hydrogens is 480 g/mol. The number of carbonyl (C=O) groups is 5. The highest BCUT2D eigenvalue weighted by atomic mass is 16.6. The predicted molar refractivity (Wildman–Crippen MR) is 137 cm³/mol. The number of ether oxygens (including phenoxy) is 2. The highest BCUT2D eigenvalue weighted by Crippen LogP contribution is 2.26. The van der Waals surface area contributed by atoms with Crippen LogP contribution in [0.15, 0.2) is 18.2 Å². The lowest BCUT2D eigenvalue weighted by atomic mass is 9.97. The fourth-order valence-corrected chi connectivity index (χ4v) is 3.71. The molecule has 1 aromatic carbocycles. The molecule has 0 saturated heterocycles. The summed E-state index contributed by atoms with van der Waals surface area (Å²) in [6.45, 7) is 10.4. The number of esters is 1. The highest BCUT2D eigenvalue weighted by Gasteiger charge is 2.37. The van der Waals surface area contributed by atoms with Crippen molar-refractivity contribution in [3.05, 3.63) is 34.9 Å². The molecule has 0 saturated carbocycles. The highest BCUT2D eigenvalue weighted by molar-refractivity contribution is 5.95. The fraction of sp³-hybridized carbons (Fsp3) is 0.577. The topological polar surface area (TPSA) is 157 Å². The number of carbonyl (C=O) groups excluding carboxylic acids is 5. The number of primary amides is 1. The second-order valence-electron chi connectivity index (χ2n) is 9.87. The minimum Gasteiger partial charge on any atom is -0.468 e. The summed E-state index contributed by atoms with van der Waals surface area (Å²) < 4.78 is 9.87. The normalized spacial score (nSPS) is 12.6. The number of aryl methyl sites for hydroxylation is 2. The molecule has 37 heavy (non-hydrogen) atoms. The van der Waals surface area contributed by atoms with Crippen molar-refractivity contribution in [3.63, 3.8) is 0 Å². The first-order valence-electron chi connectivity index (χ1n) is 12.2. The van der Waals surface area contributed by atoms with E-state index in [1.807, 2.05) is 26.8 Å². The van der Waals surface area contributed by atoms with Crippen LogP contribution in [-0.4, -0.2) is 66.5 Å².